The minimum atomic E-state index is -4.11. The molecule has 0 spiro atoms. The number of halogens is 4. The van der Waals surface area contributed by atoms with Crippen LogP contribution >= 0.6 is 34.8 Å². The number of benzene rings is 4. The molecule has 0 saturated heterocycles. The van der Waals surface area contributed by atoms with Crippen LogP contribution in [0.4, 0.5) is 15.8 Å². The zero-order valence-electron chi connectivity index (χ0n) is 31.4. The number of pyridine rings is 1. The Morgan fingerprint density at radius 1 is 0.783 bits per heavy atom. The maximum absolute atomic E-state index is 13.9. The number of sulfonamides is 2. The molecule has 312 valence electrons. The standard InChI is InChI=1S/C20H17Cl2N3O4S.C20H18ClFN4O3S/c1-29-17-8-13(11-24-20(17)22)15-7-6-14(10-18(15)30(23,27)28)25-19(26)9-12-4-2-3-5-16(12)21;21-17-2-1-3-18(22)16(17)9-20(27)25-13-4-7-15(19(8-13)30(23,28)29)12-10-24-26(11-12)14-5-6-14/h2-8,10-11H,9H2,1H3,(H,25,26)(H2,23,27,28);1-4,7-8,10-11,14H,5-6,9H2,(H,25,27)(H2,23,28,29). The minimum absolute atomic E-state index is 0.0322. The minimum Gasteiger partial charge on any atom is -0.494 e. The Morgan fingerprint density at radius 2 is 1.37 bits per heavy atom. The van der Waals surface area contributed by atoms with Crippen molar-refractivity contribution in [2.45, 2.75) is 41.5 Å². The van der Waals surface area contributed by atoms with Crippen molar-refractivity contribution < 1.29 is 35.6 Å². The Balaban J connectivity index is 0.000000201. The molecule has 1 fully saturated rings. The van der Waals surface area contributed by atoms with Crippen molar-refractivity contribution in [3.8, 4) is 28.0 Å². The molecule has 1 aliphatic carbocycles. The smallest absolute Gasteiger partial charge is 0.238 e. The molecule has 60 heavy (non-hydrogen) atoms. The van der Waals surface area contributed by atoms with Crippen molar-refractivity contribution in [3.05, 3.63) is 136 Å². The second kappa shape index (κ2) is 18.5. The Hall–Kier alpha value is -5.40. The molecular weight excluding hydrogens is 880 g/mol. The summed E-state index contributed by atoms with van der Waals surface area (Å²) in [6.45, 7) is 0. The molecule has 2 heterocycles. The van der Waals surface area contributed by atoms with Crippen molar-refractivity contribution in [1.82, 2.24) is 14.8 Å². The van der Waals surface area contributed by atoms with Gasteiger partial charge in [-0.15, -0.1) is 0 Å². The molecule has 2 aromatic heterocycles. The van der Waals surface area contributed by atoms with Crippen LogP contribution in [0.3, 0.4) is 0 Å². The van der Waals surface area contributed by atoms with Crippen LogP contribution < -0.4 is 25.6 Å². The summed E-state index contributed by atoms with van der Waals surface area (Å²) in [7, 11) is -6.76. The molecular formula is C40H35Cl3FN7O7S2. The molecule has 7 rings (SSSR count). The third-order valence-electron chi connectivity index (χ3n) is 9.02. The van der Waals surface area contributed by atoms with Gasteiger partial charge in [-0.2, -0.15) is 5.10 Å². The number of aromatic nitrogens is 3. The number of hydrogen-bond donors (Lipinski definition) is 4. The van der Waals surface area contributed by atoms with Gasteiger partial charge in [0.2, 0.25) is 31.9 Å². The Morgan fingerprint density at radius 3 is 1.93 bits per heavy atom. The number of hydrogen-bond acceptors (Lipinski definition) is 9. The van der Waals surface area contributed by atoms with Crippen molar-refractivity contribution in [2.24, 2.45) is 10.3 Å². The van der Waals surface area contributed by atoms with Crippen molar-refractivity contribution >= 4 is 78.0 Å². The number of ether oxygens (including phenoxy) is 1. The number of methoxy groups -OCH3 is 1. The molecule has 0 radical (unpaired) electrons. The second-order valence-corrected chi connectivity index (χ2v) is 17.6. The Labute approximate surface area is 359 Å². The summed E-state index contributed by atoms with van der Waals surface area (Å²) in [5.41, 5.74) is 2.94. The fraction of sp³-hybridized carbons (Fsp3) is 0.150. The predicted octanol–water partition coefficient (Wildman–Crippen LogP) is 7.40. The van der Waals surface area contributed by atoms with E-state index in [1.54, 1.807) is 65.6 Å². The molecule has 1 saturated carbocycles. The van der Waals surface area contributed by atoms with E-state index < -0.39 is 31.8 Å². The van der Waals surface area contributed by atoms with Gasteiger partial charge in [-0.1, -0.05) is 71.2 Å². The van der Waals surface area contributed by atoms with Gasteiger partial charge < -0.3 is 15.4 Å². The molecule has 6 N–H and O–H groups in total. The number of carbonyl (C=O) groups is 2. The summed E-state index contributed by atoms with van der Waals surface area (Å²) in [6.07, 6.45) is 6.59. The van der Waals surface area contributed by atoms with Crippen LogP contribution in [-0.2, 0) is 42.5 Å². The summed E-state index contributed by atoms with van der Waals surface area (Å²) in [6, 6.07) is 21.8. The largest absolute Gasteiger partial charge is 0.494 e. The number of primary sulfonamides is 2. The topological polar surface area (TPSA) is 218 Å². The lowest BCUT2D eigenvalue weighted by Crippen LogP contribution is -2.17. The van der Waals surface area contributed by atoms with Crippen LogP contribution in [0.15, 0.2) is 113 Å². The van der Waals surface area contributed by atoms with Gasteiger partial charge in [0.15, 0.2) is 10.9 Å². The maximum Gasteiger partial charge on any atom is 0.238 e. The second-order valence-electron chi connectivity index (χ2n) is 13.4. The lowest BCUT2D eigenvalue weighted by molar-refractivity contribution is -0.116. The molecule has 1 aliphatic rings. The molecule has 0 aliphatic heterocycles. The summed E-state index contributed by atoms with van der Waals surface area (Å²) < 4.78 is 69.6. The van der Waals surface area contributed by atoms with Crippen LogP contribution in [-0.4, -0.2) is 50.5 Å². The molecule has 0 unspecified atom stereocenters. The lowest BCUT2D eigenvalue weighted by Gasteiger charge is -2.13. The molecule has 0 atom stereocenters. The fourth-order valence-corrected chi connectivity index (χ4v) is 8.15. The van der Waals surface area contributed by atoms with E-state index in [0.717, 1.165) is 12.8 Å². The highest BCUT2D eigenvalue weighted by molar-refractivity contribution is 7.89. The van der Waals surface area contributed by atoms with E-state index >= 15 is 0 Å². The van der Waals surface area contributed by atoms with Gasteiger partial charge in [0.1, 0.15) is 5.82 Å². The highest BCUT2D eigenvalue weighted by Crippen LogP contribution is 2.37. The van der Waals surface area contributed by atoms with E-state index in [0.29, 0.717) is 38.9 Å². The van der Waals surface area contributed by atoms with Crippen LogP contribution in [0.5, 0.6) is 5.75 Å². The number of rotatable bonds is 12. The fourth-order valence-electron chi connectivity index (χ4n) is 5.97. The van der Waals surface area contributed by atoms with Crippen LogP contribution in [0, 0.1) is 5.82 Å². The van der Waals surface area contributed by atoms with Gasteiger partial charge in [0, 0.05) is 61.6 Å². The third kappa shape index (κ3) is 11.0. The molecule has 6 aromatic rings. The van der Waals surface area contributed by atoms with E-state index in [9.17, 15) is 30.8 Å². The van der Waals surface area contributed by atoms with E-state index in [1.165, 1.54) is 49.7 Å². The number of nitrogens with two attached hydrogens (primary N) is 2. The van der Waals surface area contributed by atoms with Crippen molar-refractivity contribution in [1.29, 1.82) is 0 Å². The third-order valence-corrected chi connectivity index (χ3v) is 11.9. The monoisotopic (exact) mass is 913 g/mol. The number of nitrogens with zero attached hydrogens (tertiary/aromatic N) is 3. The van der Waals surface area contributed by atoms with Crippen LogP contribution in [0.25, 0.3) is 22.3 Å². The summed E-state index contributed by atoms with van der Waals surface area (Å²) in [5, 5.41) is 21.1. The first-order valence-corrected chi connectivity index (χ1v) is 22.0. The summed E-state index contributed by atoms with van der Waals surface area (Å²) in [4.78, 5) is 28.4. The number of carbonyl (C=O) groups excluding carboxylic acids is 2. The van der Waals surface area contributed by atoms with Gasteiger partial charge >= 0.3 is 0 Å². The molecule has 14 nitrogen and oxygen atoms in total. The summed E-state index contributed by atoms with van der Waals surface area (Å²) >= 11 is 18.0. The lowest BCUT2D eigenvalue weighted by atomic mass is 10.1. The SMILES string of the molecule is COc1cc(-c2ccc(NC(=O)Cc3ccccc3Cl)cc2S(N)(=O)=O)cnc1Cl.NS(=O)(=O)c1cc(NC(=O)Cc2c(F)cccc2Cl)ccc1-c1cnn(C2CC2)c1. The Bertz CT molecular complexity index is 2820. The van der Waals surface area contributed by atoms with Crippen molar-refractivity contribution in [3.63, 3.8) is 0 Å². The number of anilines is 2. The van der Waals surface area contributed by atoms with Gasteiger partial charge in [-0.3, -0.25) is 14.3 Å². The molecule has 0 bridgehead atoms. The average molecular weight is 915 g/mol. The normalized spacial score (nSPS) is 12.6. The number of amides is 2. The van der Waals surface area contributed by atoms with Gasteiger partial charge in [0.25, 0.3) is 0 Å². The van der Waals surface area contributed by atoms with E-state index in [-0.39, 0.29) is 61.4 Å². The zero-order chi connectivity index (χ0) is 43.4. The molecule has 2 amide bonds. The molecule has 4 aromatic carbocycles. The Kier molecular flexibility index (Phi) is 13.6. The van der Waals surface area contributed by atoms with Gasteiger partial charge in [-0.05, 0) is 66.9 Å². The predicted molar refractivity (Wildman–Crippen MR) is 227 cm³/mol. The van der Waals surface area contributed by atoms with E-state index in [4.69, 9.17) is 49.8 Å². The highest BCUT2D eigenvalue weighted by Gasteiger charge is 2.26. The first-order valence-electron chi connectivity index (χ1n) is 17.8. The summed E-state index contributed by atoms with van der Waals surface area (Å²) in [5.74, 6) is -1.21. The van der Waals surface area contributed by atoms with Crippen LogP contribution in [0.1, 0.15) is 30.0 Å². The number of nitrogens with one attached hydrogen (secondary N) is 2. The maximum atomic E-state index is 13.9. The first-order chi connectivity index (χ1) is 28.4. The van der Waals surface area contributed by atoms with E-state index in [2.05, 4.69) is 20.7 Å². The van der Waals surface area contributed by atoms with Gasteiger partial charge in [0.05, 0.1) is 42.0 Å². The van der Waals surface area contributed by atoms with Crippen molar-refractivity contribution in [2.75, 3.05) is 17.7 Å². The molecule has 20 heteroatoms. The highest BCUT2D eigenvalue weighted by atomic mass is 35.5. The first kappa shape index (κ1) is 44.2. The van der Waals surface area contributed by atoms with Gasteiger partial charge in [-0.25, -0.2) is 36.5 Å². The average Bonchev–Trinajstić information content (AvgIpc) is 3.93. The quantitative estimate of drug-likeness (QED) is 0.0898. The van der Waals surface area contributed by atoms with Crippen LogP contribution in [0.2, 0.25) is 15.2 Å². The van der Waals surface area contributed by atoms with E-state index in [1.807, 2.05) is 0 Å². The zero-order valence-corrected chi connectivity index (χ0v) is 35.3.